The second-order valence-electron chi connectivity index (χ2n) is 5.13. The van der Waals surface area contributed by atoms with Crippen LogP contribution in [0.25, 0.3) is 17.0 Å². The third-order valence-electron chi connectivity index (χ3n) is 3.65. The van der Waals surface area contributed by atoms with Crippen molar-refractivity contribution in [1.82, 2.24) is 15.1 Å². The Labute approximate surface area is 127 Å². The van der Waals surface area contributed by atoms with E-state index >= 15 is 0 Å². The minimum atomic E-state index is -0.431. The Balaban J connectivity index is 1.89. The van der Waals surface area contributed by atoms with Crippen LogP contribution in [0, 0.1) is 0 Å². The van der Waals surface area contributed by atoms with E-state index in [1.54, 1.807) is 17.1 Å². The van der Waals surface area contributed by atoms with E-state index in [-0.39, 0.29) is 11.8 Å². The molecule has 1 aromatic carbocycles. The van der Waals surface area contributed by atoms with E-state index in [4.69, 9.17) is 4.74 Å². The molecule has 22 heavy (non-hydrogen) atoms. The van der Waals surface area contributed by atoms with Gasteiger partial charge in [0.15, 0.2) is 0 Å². The number of rotatable bonds is 4. The quantitative estimate of drug-likeness (QED) is 0.692. The van der Waals surface area contributed by atoms with Crippen molar-refractivity contribution in [3.63, 3.8) is 0 Å². The molecule has 3 rings (SSSR count). The molecular weight excluding hydrogens is 282 g/mol. The Morgan fingerprint density at radius 3 is 3.09 bits per heavy atom. The van der Waals surface area contributed by atoms with Gasteiger partial charge in [0.25, 0.3) is 5.91 Å². The standard InChI is InChI=1S/C16H17N3O3/c1-2-22-8-7-11-3-4-13-12(9-11)10-17-19(13)14-5-6-15(20)18-16(14)21/h3-4,7-10,14H,2,5-6H2,1H3,(H,18,20,21). The normalized spacial score (nSPS) is 18.9. The van der Waals surface area contributed by atoms with Crippen LogP contribution in [-0.2, 0) is 14.3 Å². The zero-order valence-corrected chi connectivity index (χ0v) is 12.3. The SMILES string of the molecule is CCOC=Cc1ccc2c(cnn2C2CCC(=O)NC2=O)c1. The molecule has 1 aromatic heterocycles. The maximum absolute atomic E-state index is 12.0. The average Bonchev–Trinajstić information content (AvgIpc) is 2.91. The zero-order valence-electron chi connectivity index (χ0n) is 12.3. The molecule has 1 fully saturated rings. The van der Waals surface area contributed by atoms with Crippen LogP contribution in [0.15, 0.2) is 30.7 Å². The summed E-state index contributed by atoms with van der Waals surface area (Å²) < 4.78 is 6.88. The molecule has 1 unspecified atom stereocenters. The van der Waals surface area contributed by atoms with Gasteiger partial charge in [0.1, 0.15) is 6.04 Å². The molecule has 0 bridgehead atoms. The van der Waals surface area contributed by atoms with Crippen LogP contribution >= 0.6 is 0 Å². The summed E-state index contributed by atoms with van der Waals surface area (Å²) in [5.41, 5.74) is 1.88. The molecule has 0 spiro atoms. The maximum Gasteiger partial charge on any atom is 0.251 e. The predicted molar refractivity (Wildman–Crippen MR) is 81.8 cm³/mol. The number of imide groups is 1. The van der Waals surface area contributed by atoms with Crippen molar-refractivity contribution in [2.24, 2.45) is 0 Å². The predicted octanol–water partition coefficient (Wildman–Crippen LogP) is 2.02. The molecule has 6 nitrogen and oxygen atoms in total. The first-order valence-corrected chi connectivity index (χ1v) is 7.28. The highest BCUT2D eigenvalue weighted by molar-refractivity contribution is 6.00. The number of carbonyl (C=O) groups is 2. The molecule has 0 saturated carbocycles. The zero-order chi connectivity index (χ0) is 15.5. The number of aromatic nitrogens is 2. The summed E-state index contributed by atoms with van der Waals surface area (Å²) in [6, 6.07) is 5.43. The van der Waals surface area contributed by atoms with Gasteiger partial charge < -0.3 is 4.74 Å². The second kappa shape index (κ2) is 6.01. The van der Waals surface area contributed by atoms with E-state index in [1.807, 2.05) is 31.2 Å². The Morgan fingerprint density at radius 1 is 1.45 bits per heavy atom. The van der Waals surface area contributed by atoms with Crippen LogP contribution in [0.2, 0.25) is 0 Å². The lowest BCUT2D eigenvalue weighted by Crippen LogP contribution is -2.41. The lowest BCUT2D eigenvalue weighted by molar-refractivity contribution is -0.135. The number of nitrogens with zero attached hydrogens (tertiary/aromatic N) is 2. The first kappa shape index (κ1) is 14.3. The number of hydrogen-bond acceptors (Lipinski definition) is 4. The third kappa shape index (κ3) is 2.72. The highest BCUT2D eigenvalue weighted by Gasteiger charge is 2.29. The van der Waals surface area contributed by atoms with Gasteiger partial charge >= 0.3 is 0 Å². The molecule has 1 aliphatic rings. The number of hydrogen-bond donors (Lipinski definition) is 1. The van der Waals surface area contributed by atoms with E-state index < -0.39 is 6.04 Å². The highest BCUT2D eigenvalue weighted by Crippen LogP contribution is 2.24. The van der Waals surface area contributed by atoms with Gasteiger partial charge in [0.2, 0.25) is 5.91 Å². The lowest BCUT2D eigenvalue weighted by Gasteiger charge is -2.21. The number of amides is 2. The van der Waals surface area contributed by atoms with Crippen molar-refractivity contribution >= 4 is 28.8 Å². The fraction of sp³-hybridized carbons (Fsp3) is 0.312. The van der Waals surface area contributed by atoms with Crippen LogP contribution in [-0.4, -0.2) is 28.2 Å². The molecule has 0 radical (unpaired) electrons. The number of piperidine rings is 1. The number of nitrogens with one attached hydrogen (secondary N) is 1. The molecule has 114 valence electrons. The first-order chi connectivity index (χ1) is 10.7. The molecule has 2 aromatic rings. The summed E-state index contributed by atoms with van der Waals surface area (Å²) >= 11 is 0. The molecule has 6 heteroatoms. The van der Waals surface area contributed by atoms with E-state index in [9.17, 15) is 9.59 Å². The molecular formula is C16H17N3O3. The summed E-state index contributed by atoms with van der Waals surface area (Å²) in [5, 5.41) is 7.63. The number of benzene rings is 1. The van der Waals surface area contributed by atoms with E-state index in [1.165, 1.54) is 0 Å². The maximum atomic E-state index is 12.0. The van der Waals surface area contributed by atoms with Crippen LogP contribution in [0.4, 0.5) is 0 Å². The van der Waals surface area contributed by atoms with E-state index in [0.717, 1.165) is 16.5 Å². The van der Waals surface area contributed by atoms with Gasteiger partial charge in [-0.3, -0.25) is 19.6 Å². The molecule has 2 heterocycles. The molecule has 2 amide bonds. The van der Waals surface area contributed by atoms with Crippen LogP contribution in [0.5, 0.6) is 0 Å². The summed E-state index contributed by atoms with van der Waals surface area (Å²) in [6.45, 7) is 2.56. The average molecular weight is 299 g/mol. The van der Waals surface area contributed by atoms with Crippen molar-refractivity contribution in [1.29, 1.82) is 0 Å². The molecule has 1 saturated heterocycles. The third-order valence-corrected chi connectivity index (χ3v) is 3.65. The van der Waals surface area contributed by atoms with Crippen molar-refractivity contribution in [3.8, 4) is 0 Å². The van der Waals surface area contributed by atoms with Crippen molar-refractivity contribution in [3.05, 3.63) is 36.2 Å². The van der Waals surface area contributed by atoms with Crippen LogP contribution < -0.4 is 5.32 Å². The molecule has 1 atom stereocenters. The minimum Gasteiger partial charge on any atom is -0.501 e. The minimum absolute atomic E-state index is 0.221. The summed E-state index contributed by atoms with van der Waals surface area (Å²) in [7, 11) is 0. The Bertz CT molecular complexity index is 748. The van der Waals surface area contributed by atoms with Crippen molar-refractivity contribution in [2.75, 3.05) is 6.61 Å². The summed E-state index contributed by atoms with van der Waals surface area (Å²) in [5.74, 6) is -0.511. The Hall–Kier alpha value is -2.63. The van der Waals surface area contributed by atoms with Gasteiger partial charge in [-0.2, -0.15) is 5.10 Å². The topological polar surface area (TPSA) is 73.2 Å². The van der Waals surface area contributed by atoms with Gasteiger partial charge in [-0.05, 0) is 37.1 Å². The summed E-state index contributed by atoms with van der Waals surface area (Å²) in [6.07, 6.45) is 6.09. The van der Waals surface area contributed by atoms with Gasteiger partial charge in [-0.1, -0.05) is 6.07 Å². The largest absolute Gasteiger partial charge is 0.501 e. The summed E-state index contributed by atoms with van der Waals surface area (Å²) in [4.78, 5) is 23.2. The smallest absolute Gasteiger partial charge is 0.251 e. The fourth-order valence-corrected chi connectivity index (χ4v) is 2.56. The van der Waals surface area contributed by atoms with Crippen molar-refractivity contribution in [2.45, 2.75) is 25.8 Å². The Morgan fingerprint density at radius 2 is 2.32 bits per heavy atom. The highest BCUT2D eigenvalue weighted by atomic mass is 16.5. The van der Waals surface area contributed by atoms with Gasteiger partial charge in [-0.25, -0.2) is 0 Å². The lowest BCUT2D eigenvalue weighted by atomic mass is 10.1. The number of ether oxygens (including phenoxy) is 1. The van der Waals surface area contributed by atoms with Gasteiger partial charge in [0, 0.05) is 11.8 Å². The van der Waals surface area contributed by atoms with E-state index in [0.29, 0.717) is 19.4 Å². The van der Waals surface area contributed by atoms with E-state index in [2.05, 4.69) is 10.4 Å². The second-order valence-corrected chi connectivity index (χ2v) is 5.13. The Kier molecular flexibility index (Phi) is 3.91. The molecule has 1 N–H and O–H groups in total. The monoisotopic (exact) mass is 299 g/mol. The van der Waals surface area contributed by atoms with Crippen molar-refractivity contribution < 1.29 is 14.3 Å². The number of carbonyl (C=O) groups excluding carboxylic acids is 2. The number of fused-ring (bicyclic) bond motifs is 1. The molecule has 1 aliphatic heterocycles. The van der Waals surface area contributed by atoms with Gasteiger partial charge in [-0.15, -0.1) is 0 Å². The van der Waals surface area contributed by atoms with Crippen LogP contribution in [0.3, 0.4) is 0 Å². The first-order valence-electron chi connectivity index (χ1n) is 7.28. The molecule has 0 aliphatic carbocycles. The fourth-order valence-electron chi connectivity index (χ4n) is 2.56. The van der Waals surface area contributed by atoms with Gasteiger partial charge in [0.05, 0.1) is 24.6 Å². The van der Waals surface area contributed by atoms with Crippen LogP contribution in [0.1, 0.15) is 31.4 Å².